The average molecular weight is 258 g/mol. The van der Waals surface area contributed by atoms with Crippen LogP contribution in [0.15, 0.2) is 24.3 Å². The van der Waals surface area contributed by atoms with Crippen molar-refractivity contribution in [3.8, 4) is 0 Å². The van der Waals surface area contributed by atoms with Gasteiger partial charge in [0.2, 0.25) is 11.1 Å². The fourth-order valence-electron chi connectivity index (χ4n) is 1.08. The van der Waals surface area contributed by atoms with Gasteiger partial charge in [-0.25, -0.2) is 9.00 Å². The highest BCUT2D eigenvalue weighted by molar-refractivity contribution is 7.96. The Hall–Kier alpha value is -1.77. The Morgan fingerprint density at radius 3 is 2.41 bits per heavy atom. The average Bonchev–Trinajstić information content (AvgIpc) is 2.35. The summed E-state index contributed by atoms with van der Waals surface area (Å²) in [6.45, 7) is 0.125. The van der Waals surface area contributed by atoms with E-state index in [-0.39, 0.29) is 12.1 Å². The minimum atomic E-state index is -2.21. The van der Waals surface area contributed by atoms with E-state index in [1.807, 2.05) is 0 Å². The number of rotatable bonds is 4. The highest BCUT2D eigenvalue weighted by Crippen LogP contribution is 2.07. The molecule has 0 heterocycles. The normalized spacial score (nSPS) is 11.8. The van der Waals surface area contributed by atoms with Crippen molar-refractivity contribution in [2.75, 3.05) is 0 Å². The molecule has 7 nitrogen and oxygen atoms in total. The molecule has 4 N–H and O–H groups in total. The van der Waals surface area contributed by atoms with Gasteiger partial charge in [-0.15, -0.1) is 0 Å². The predicted octanol–water partition coefficient (Wildman–Crippen LogP) is 0.148. The molecule has 8 heteroatoms. The van der Waals surface area contributed by atoms with Gasteiger partial charge in [-0.05, 0) is 17.7 Å². The van der Waals surface area contributed by atoms with Crippen molar-refractivity contribution >= 4 is 22.3 Å². The van der Waals surface area contributed by atoms with E-state index >= 15 is 0 Å². The first kappa shape index (κ1) is 13.3. The van der Waals surface area contributed by atoms with Crippen LogP contribution < -0.4 is 11.2 Å². The molecule has 0 aliphatic rings. The molecule has 1 unspecified atom stereocenters. The van der Waals surface area contributed by atoms with E-state index in [9.17, 15) is 13.8 Å². The van der Waals surface area contributed by atoms with Gasteiger partial charge in [0.15, 0.2) is 0 Å². The number of nitrogens with one attached hydrogen (secondary N) is 1. The molecule has 0 fully saturated rings. The van der Waals surface area contributed by atoms with Crippen LogP contribution in [0, 0.1) is 0 Å². The highest BCUT2D eigenvalue weighted by atomic mass is 32.2. The monoisotopic (exact) mass is 258 g/mol. The minimum Gasteiger partial charge on any atom is -0.465 e. The van der Waals surface area contributed by atoms with Crippen molar-refractivity contribution in [1.82, 2.24) is 5.32 Å². The molecular weight excluding hydrogens is 248 g/mol. The fraction of sp³-hybridized carbons (Fsp3) is 0.111. The second-order valence-electron chi connectivity index (χ2n) is 2.97. The van der Waals surface area contributed by atoms with E-state index in [1.165, 1.54) is 24.3 Å². The zero-order valence-electron chi connectivity index (χ0n) is 8.58. The first-order chi connectivity index (χ1) is 8.04. The number of hydrogen-bond donors (Lipinski definition) is 3. The lowest BCUT2D eigenvalue weighted by molar-refractivity contribution is 0.106. The Morgan fingerprint density at radius 2 is 1.94 bits per heavy atom. The third kappa shape index (κ3) is 3.94. The number of carbonyl (C=O) groups is 2. The van der Waals surface area contributed by atoms with Crippen LogP contribution in [0.2, 0.25) is 0 Å². The zero-order chi connectivity index (χ0) is 12.8. The van der Waals surface area contributed by atoms with Crippen LogP contribution in [0.4, 0.5) is 4.79 Å². The van der Waals surface area contributed by atoms with E-state index in [1.54, 1.807) is 0 Å². The standard InChI is InChI=1S/C9H10N2O5S/c10-16-17(15)8(12)7-3-1-6(2-4-7)5-11-9(13)14/h1-4,11H,5,10H2,(H,13,14). The maximum Gasteiger partial charge on any atom is 0.404 e. The first-order valence-corrected chi connectivity index (χ1v) is 5.51. The molecule has 1 rings (SSSR count). The van der Waals surface area contributed by atoms with Gasteiger partial charge in [0, 0.05) is 12.1 Å². The summed E-state index contributed by atoms with van der Waals surface area (Å²) in [5.41, 5.74) is 0.844. The van der Waals surface area contributed by atoms with E-state index in [0.717, 1.165) is 0 Å². The van der Waals surface area contributed by atoms with Gasteiger partial charge in [-0.1, -0.05) is 12.1 Å². The van der Waals surface area contributed by atoms with E-state index in [2.05, 4.69) is 15.5 Å². The van der Waals surface area contributed by atoms with Gasteiger partial charge in [-0.3, -0.25) is 4.79 Å². The molecule has 0 aromatic heterocycles. The topological polar surface area (TPSA) is 119 Å². The van der Waals surface area contributed by atoms with Crippen molar-refractivity contribution < 1.29 is 23.2 Å². The number of hydrogen-bond acceptors (Lipinski definition) is 5. The lowest BCUT2D eigenvalue weighted by Gasteiger charge is -2.02. The molecule has 0 bridgehead atoms. The number of nitrogens with two attached hydrogens (primary N) is 1. The van der Waals surface area contributed by atoms with Gasteiger partial charge in [-0.2, -0.15) is 10.2 Å². The smallest absolute Gasteiger partial charge is 0.404 e. The van der Waals surface area contributed by atoms with Crippen molar-refractivity contribution in [2.45, 2.75) is 6.54 Å². The third-order valence-electron chi connectivity index (χ3n) is 1.87. The molecule has 0 aliphatic carbocycles. The van der Waals surface area contributed by atoms with E-state index in [4.69, 9.17) is 5.11 Å². The van der Waals surface area contributed by atoms with Gasteiger partial charge in [0.25, 0.3) is 5.12 Å². The Bertz CT molecular complexity index is 445. The largest absolute Gasteiger partial charge is 0.465 e. The molecule has 1 amide bonds. The Labute approximate surface area is 99.2 Å². The van der Waals surface area contributed by atoms with Gasteiger partial charge in [0.1, 0.15) is 0 Å². The van der Waals surface area contributed by atoms with E-state index in [0.29, 0.717) is 5.56 Å². The Balaban J connectivity index is 2.71. The number of carbonyl (C=O) groups excluding carboxylic acids is 1. The summed E-state index contributed by atoms with van der Waals surface area (Å²) in [6.07, 6.45) is -1.14. The zero-order valence-corrected chi connectivity index (χ0v) is 9.40. The SMILES string of the molecule is NOS(=O)C(=O)c1ccc(CNC(=O)O)cc1. The van der Waals surface area contributed by atoms with Crippen LogP contribution in [0.25, 0.3) is 0 Å². The quantitative estimate of drug-likeness (QED) is 0.661. The third-order valence-corrected chi connectivity index (χ3v) is 2.59. The molecule has 92 valence electrons. The summed E-state index contributed by atoms with van der Waals surface area (Å²) in [4.78, 5) is 21.6. The fourth-order valence-corrected chi connectivity index (χ4v) is 1.49. The highest BCUT2D eigenvalue weighted by Gasteiger charge is 2.14. The Kier molecular flexibility index (Phi) is 4.76. The molecule has 1 aromatic rings. The summed E-state index contributed by atoms with van der Waals surface area (Å²) in [5, 5.41) is 9.81. The summed E-state index contributed by atoms with van der Waals surface area (Å²) < 4.78 is 14.8. The molecule has 0 radical (unpaired) electrons. The molecule has 17 heavy (non-hydrogen) atoms. The molecule has 0 saturated heterocycles. The first-order valence-electron chi connectivity index (χ1n) is 4.43. The number of carboxylic acid groups (broad SMARTS) is 1. The van der Waals surface area contributed by atoms with Crippen LogP contribution in [-0.4, -0.2) is 20.5 Å². The maximum atomic E-state index is 11.3. The van der Waals surface area contributed by atoms with Gasteiger partial charge in [0.05, 0.1) is 0 Å². The molecule has 1 aromatic carbocycles. The lowest BCUT2D eigenvalue weighted by Crippen LogP contribution is -2.20. The van der Waals surface area contributed by atoms with E-state index < -0.39 is 22.3 Å². The van der Waals surface area contributed by atoms with Crippen LogP contribution in [0.5, 0.6) is 0 Å². The molecule has 0 aliphatic heterocycles. The van der Waals surface area contributed by atoms with Crippen LogP contribution >= 0.6 is 0 Å². The van der Waals surface area contributed by atoms with Crippen molar-refractivity contribution in [3.05, 3.63) is 35.4 Å². The second-order valence-corrected chi connectivity index (χ2v) is 4.01. The van der Waals surface area contributed by atoms with Crippen molar-refractivity contribution in [3.63, 3.8) is 0 Å². The van der Waals surface area contributed by atoms with Gasteiger partial charge < -0.3 is 10.4 Å². The number of benzene rings is 1. The van der Waals surface area contributed by atoms with Gasteiger partial charge >= 0.3 is 6.09 Å². The van der Waals surface area contributed by atoms with Crippen LogP contribution in [0.1, 0.15) is 15.9 Å². The summed E-state index contributed by atoms with van der Waals surface area (Å²) in [7, 11) is 0. The molecule has 0 saturated carbocycles. The second kappa shape index (κ2) is 6.09. The summed E-state index contributed by atoms with van der Waals surface area (Å²) >= 11 is -2.21. The maximum absolute atomic E-state index is 11.3. The molecule has 0 spiro atoms. The minimum absolute atomic E-state index is 0.125. The van der Waals surface area contributed by atoms with Crippen LogP contribution in [0.3, 0.4) is 0 Å². The van der Waals surface area contributed by atoms with Crippen molar-refractivity contribution in [2.24, 2.45) is 5.90 Å². The summed E-state index contributed by atoms with van der Waals surface area (Å²) in [6, 6.07) is 5.91. The molecule has 1 atom stereocenters. The van der Waals surface area contributed by atoms with Crippen molar-refractivity contribution in [1.29, 1.82) is 0 Å². The lowest BCUT2D eigenvalue weighted by atomic mass is 10.1. The molecular formula is C9H10N2O5S. The Morgan fingerprint density at radius 1 is 1.35 bits per heavy atom. The van der Waals surface area contributed by atoms with Crippen LogP contribution in [-0.2, 0) is 21.9 Å². The predicted molar refractivity (Wildman–Crippen MR) is 59.1 cm³/mol. The number of amides is 1. The summed E-state index contributed by atoms with van der Waals surface area (Å²) in [5.74, 6) is 4.62.